The zero-order valence-electron chi connectivity index (χ0n) is 12.6. The minimum absolute atomic E-state index is 0.0311. The molecule has 3 nitrogen and oxygen atoms in total. The van der Waals surface area contributed by atoms with E-state index in [0.29, 0.717) is 6.54 Å². The van der Waals surface area contributed by atoms with Gasteiger partial charge in [-0.3, -0.25) is 4.79 Å². The summed E-state index contributed by atoms with van der Waals surface area (Å²) in [5.74, 6) is -0.0311. The van der Waals surface area contributed by atoms with Crippen LogP contribution in [0.1, 0.15) is 39.5 Å². The number of carbonyl (C=O) groups excluding carboxylic acids is 1. The smallest absolute Gasteiger partial charge is 0.251 e. The molecule has 2 rings (SSSR count). The fourth-order valence-electron chi connectivity index (χ4n) is 2.28. The Morgan fingerprint density at radius 3 is 2.57 bits per heavy atom. The van der Waals surface area contributed by atoms with Crippen molar-refractivity contribution in [3.05, 3.63) is 70.8 Å². The molecule has 0 heterocycles. The molecule has 3 heteroatoms. The second kappa shape index (κ2) is 7.04. The molecule has 3 N–H and O–H groups in total. The Morgan fingerprint density at radius 1 is 1.14 bits per heavy atom. The van der Waals surface area contributed by atoms with Gasteiger partial charge >= 0.3 is 0 Å². The monoisotopic (exact) mass is 282 g/mol. The SMILES string of the molecule is Cc1ccc(C)c(C(=O)NCCC(N)c2ccccc2)c1. The highest BCUT2D eigenvalue weighted by atomic mass is 16.1. The Morgan fingerprint density at radius 2 is 1.86 bits per heavy atom. The summed E-state index contributed by atoms with van der Waals surface area (Å²) in [6, 6.07) is 15.8. The molecular formula is C18H22N2O. The molecule has 2 aromatic carbocycles. The number of rotatable bonds is 5. The highest BCUT2D eigenvalue weighted by molar-refractivity contribution is 5.95. The number of nitrogens with one attached hydrogen (secondary N) is 1. The first-order chi connectivity index (χ1) is 10.1. The van der Waals surface area contributed by atoms with Crippen LogP contribution in [0.5, 0.6) is 0 Å². The minimum Gasteiger partial charge on any atom is -0.352 e. The van der Waals surface area contributed by atoms with Gasteiger partial charge in [-0.2, -0.15) is 0 Å². The van der Waals surface area contributed by atoms with Crippen LogP contribution in [0.4, 0.5) is 0 Å². The lowest BCUT2D eigenvalue weighted by molar-refractivity contribution is 0.0952. The van der Waals surface area contributed by atoms with Crippen LogP contribution in [-0.4, -0.2) is 12.5 Å². The summed E-state index contributed by atoms with van der Waals surface area (Å²) >= 11 is 0. The molecule has 21 heavy (non-hydrogen) atoms. The van der Waals surface area contributed by atoms with Gasteiger partial charge in [0.1, 0.15) is 0 Å². The van der Waals surface area contributed by atoms with Crippen molar-refractivity contribution in [2.24, 2.45) is 5.73 Å². The third-order valence-electron chi connectivity index (χ3n) is 3.61. The fraction of sp³-hybridized carbons (Fsp3) is 0.278. The zero-order chi connectivity index (χ0) is 15.2. The lowest BCUT2D eigenvalue weighted by atomic mass is 10.0. The van der Waals surface area contributed by atoms with Gasteiger partial charge in [-0.15, -0.1) is 0 Å². The van der Waals surface area contributed by atoms with Crippen molar-refractivity contribution < 1.29 is 4.79 Å². The maximum absolute atomic E-state index is 12.2. The van der Waals surface area contributed by atoms with Crippen LogP contribution in [0.3, 0.4) is 0 Å². The van der Waals surface area contributed by atoms with Crippen molar-refractivity contribution in [3.63, 3.8) is 0 Å². The van der Waals surface area contributed by atoms with Crippen molar-refractivity contribution in [1.29, 1.82) is 0 Å². The van der Waals surface area contributed by atoms with E-state index in [9.17, 15) is 4.79 Å². The molecule has 1 amide bonds. The molecule has 0 aliphatic heterocycles. The molecule has 0 aliphatic rings. The van der Waals surface area contributed by atoms with Crippen molar-refractivity contribution in [3.8, 4) is 0 Å². The Hall–Kier alpha value is -2.13. The first-order valence-electron chi connectivity index (χ1n) is 7.24. The zero-order valence-corrected chi connectivity index (χ0v) is 12.6. The largest absolute Gasteiger partial charge is 0.352 e. The van der Waals surface area contributed by atoms with E-state index in [1.165, 1.54) is 0 Å². The van der Waals surface area contributed by atoms with E-state index in [4.69, 9.17) is 5.73 Å². The third-order valence-corrected chi connectivity index (χ3v) is 3.61. The van der Waals surface area contributed by atoms with Crippen LogP contribution in [0.2, 0.25) is 0 Å². The van der Waals surface area contributed by atoms with E-state index >= 15 is 0 Å². The number of aryl methyl sites for hydroxylation is 2. The molecule has 110 valence electrons. The number of carbonyl (C=O) groups is 1. The molecule has 1 unspecified atom stereocenters. The predicted molar refractivity (Wildman–Crippen MR) is 86.2 cm³/mol. The summed E-state index contributed by atoms with van der Waals surface area (Å²) in [7, 11) is 0. The Kier molecular flexibility index (Phi) is 5.12. The van der Waals surface area contributed by atoms with Crippen molar-refractivity contribution in [1.82, 2.24) is 5.32 Å². The van der Waals surface area contributed by atoms with E-state index in [1.807, 2.05) is 62.4 Å². The highest BCUT2D eigenvalue weighted by Gasteiger charge is 2.10. The van der Waals surface area contributed by atoms with Gasteiger partial charge in [-0.1, -0.05) is 48.0 Å². The lowest BCUT2D eigenvalue weighted by Gasteiger charge is -2.13. The molecule has 0 aromatic heterocycles. The summed E-state index contributed by atoms with van der Waals surface area (Å²) in [6.45, 7) is 4.51. The van der Waals surface area contributed by atoms with Crippen LogP contribution in [0.15, 0.2) is 48.5 Å². The van der Waals surface area contributed by atoms with Crippen LogP contribution in [-0.2, 0) is 0 Å². The highest BCUT2D eigenvalue weighted by Crippen LogP contribution is 2.13. The van der Waals surface area contributed by atoms with Gasteiger partial charge in [-0.05, 0) is 37.5 Å². The summed E-state index contributed by atoms with van der Waals surface area (Å²) in [6.07, 6.45) is 0.723. The number of benzene rings is 2. The average molecular weight is 282 g/mol. The Balaban J connectivity index is 1.88. The molecule has 0 radical (unpaired) electrons. The second-order valence-corrected chi connectivity index (χ2v) is 5.38. The Bertz CT molecular complexity index is 608. The molecule has 0 aliphatic carbocycles. The van der Waals surface area contributed by atoms with E-state index < -0.39 is 0 Å². The topological polar surface area (TPSA) is 55.1 Å². The average Bonchev–Trinajstić information content (AvgIpc) is 2.50. The lowest BCUT2D eigenvalue weighted by Crippen LogP contribution is -2.27. The van der Waals surface area contributed by atoms with E-state index in [2.05, 4.69) is 5.32 Å². The van der Waals surface area contributed by atoms with Gasteiger partial charge in [0.2, 0.25) is 0 Å². The fourth-order valence-corrected chi connectivity index (χ4v) is 2.28. The van der Waals surface area contributed by atoms with E-state index in [0.717, 1.165) is 28.7 Å². The quantitative estimate of drug-likeness (QED) is 0.885. The van der Waals surface area contributed by atoms with Crippen LogP contribution < -0.4 is 11.1 Å². The van der Waals surface area contributed by atoms with Crippen molar-refractivity contribution in [2.75, 3.05) is 6.54 Å². The van der Waals surface area contributed by atoms with Gasteiger partial charge < -0.3 is 11.1 Å². The number of hydrogen-bond acceptors (Lipinski definition) is 2. The maximum Gasteiger partial charge on any atom is 0.251 e. The molecule has 1 atom stereocenters. The van der Waals surface area contributed by atoms with E-state index in [1.54, 1.807) is 0 Å². The molecule has 2 aromatic rings. The third kappa shape index (κ3) is 4.17. The predicted octanol–water partition coefficient (Wildman–Crippen LogP) is 3.12. The van der Waals surface area contributed by atoms with Gasteiger partial charge in [0.05, 0.1) is 0 Å². The summed E-state index contributed by atoms with van der Waals surface area (Å²) < 4.78 is 0. The number of hydrogen-bond donors (Lipinski definition) is 2. The molecule has 0 saturated heterocycles. The molecule has 0 spiro atoms. The summed E-state index contributed by atoms with van der Waals surface area (Å²) in [5.41, 5.74) is 10.0. The van der Waals surface area contributed by atoms with Crippen LogP contribution in [0, 0.1) is 13.8 Å². The van der Waals surface area contributed by atoms with Crippen LogP contribution in [0.25, 0.3) is 0 Å². The van der Waals surface area contributed by atoms with Gasteiger partial charge in [0, 0.05) is 18.2 Å². The summed E-state index contributed by atoms with van der Waals surface area (Å²) in [4.78, 5) is 12.2. The van der Waals surface area contributed by atoms with Gasteiger partial charge in [0.15, 0.2) is 0 Å². The molecule has 0 bridgehead atoms. The number of nitrogens with two attached hydrogens (primary N) is 1. The van der Waals surface area contributed by atoms with E-state index in [-0.39, 0.29) is 11.9 Å². The Labute approximate surface area is 126 Å². The standard InChI is InChI=1S/C18H22N2O/c1-13-8-9-14(2)16(12-13)18(21)20-11-10-17(19)15-6-4-3-5-7-15/h3-9,12,17H,10-11,19H2,1-2H3,(H,20,21). The summed E-state index contributed by atoms with van der Waals surface area (Å²) in [5, 5.41) is 2.95. The van der Waals surface area contributed by atoms with Crippen molar-refractivity contribution >= 4 is 5.91 Å². The second-order valence-electron chi connectivity index (χ2n) is 5.38. The normalized spacial score (nSPS) is 12.0. The number of amides is 1. The molecule has 0 saturated carbocycles. The molecular weight excluding hydrogens is 260 g/mol. The maximum atomic E-state index is 12.2. The van der Waals surface area contributed by atoms with Crippen LogP contribution >= 0.6 is 0 Å². The van der Waals surface area contributed by atoms with Gasteiger partial charge in [-0.25, -0.2) is 0 Å². The van der Waals surface area contributed by atoms with Crippen molar-refractivity contribution in [2.45, 2.75) is 26.3 Å². The first kappa shape index (κ1) is 15.3. The minimum atomic E-state index is -0.0508. The van der Waals surface area contributed by atoms with Gasteiger partial charge in [0.25, 0.3) is 5.91 Å². The molecule has 0 fully saturated rings. The first-order valence-corrected chi connectivity index (χ1v) is 7.24.